The number of allylic oxidation sites excluding steroid dienone is 5. The summed E-state index contributed by atoms with van der Waals surface area (Å²) in [4.78, 5) is 0. The summed E-state index contributed by atoms with van der Waals surface area (Å²) in [5.41, 5.74) is 2.85. The van der Waals surface area contributed by atoms with Crippen LogP contribution in [0.2, 0.25) is 0 Å². The van der Waals surface area contributed by atoms with Gasteiger partial charge < -0.3 is 0 Å². The lowest BCUT2D eigenvalue weighted by atomic mass is 9.72. The van der Waals surface area contributed by atoms with Crippen LogP contribution < -0.4 is 0 Å². The van der Waals surface area contributed by atoms with Crippen molar-refractivity contribution in [2.24, 2.45) is 5.92 Å². The Balaban J connectivity index is 2.31. The largest absolute Gasteiger partial charge is 0.0955 e. The Morgan fingerprint density at radius 3 is 3.00 bits per heavy atom. The summed E-state index contributed by atoms with van der Waals surface area (Å²) in [6.07, 6.45) is 9.04. The van der Waals surface area contributed by atoms with Gasteiger partial charge in [0.05, 0.1) is 0 Å². The van der Waals surface area contributed by atoms with Gasteiger partial charge >= 0.3 is 0 Å². The first-order chi connectivity index (χ1) is 4.38. The molecule has 0 heterocycles. The van der Waals surface area contributed by atoms with Gasteiger partial charge in [0.1, 0.15) is 0 Å². The topological polar surface area (TPSA) is 0 Å². The minimum absolute atomic E-state index is 0.836. The van der Waals surface area contributed by atoms with E-state index >= 15 is 0 Å². The second-order valence-electron chi connectivity index (χ2n) is 2.79. The van der Waals surface area contributed by atoms with Crippen molar-refractivity contribution >= 4 is 0 Å². The van der Waals surface area contributed by atoms with Gasteiger partial charge in [-0.05, 0) is 24.3 Å². The van der Waals surface area contributed by atoms with Gasteiger partial charge in [-0.3, -0.25) is 0 Å². The number of fused-ring (bicyclic) bond motifs is 1. The van der Waals surface area contributed by atoms with Crippen molar-refractivity contribution in [1.82, 2.24) is 0 Å². The van der Waals surface area contributed by atoms with E-state index in [-0.39, 0.29) is 0 Å². The van der Waals surface area contributed by atoms with E-state index in [0.717, 1.165) is 5.92 Å². The van der Waals surface area contributed by atoms with Gasteiger partial charge in [-0.1, -0.05) is 30.4 Å². The fraction of sp³-hybridized carbons (Fsp3) is 0.333. The van der Waals surface area contributed by atoms with Crippen molar-refractivity contribution in [2.45, 2.75) is 12.8 Å². The molecule has 0 nitrogen and oxygen atoms in total. The lowest BCUT2D eigenvalue weighted by molar-refractivity contribution is 0.539. The van der Waals surface area contributed by atoms with Gasteiger partial charge in [0.2, 0.25) is 0 Å². The Labute approximate surface area is 55.6 Å². The van der Waals surface area contributed by atoms with Gasteiger partial charge in [-0.15, -0.1) is 0 Å². The second kappa shape index (κ2) is 1.60. The molecule has 1 saturated carbocycles. The number of hydrogen-bond acceptors (Lipinski definition) is 0. The smallest absolute Gasteiger partial charge is 0.00844 e. The Hall–Kier alpha value is -0.780. The van der Waals surface area contributed by atoms with Gasteiger partial charge in [-0.2, -0.15) is 0 Å². The minimum atomic E-state index is 0.836. The Bertz CT molecular complexity index is 204. The fourth-order valence-corrected chi connectivity index (χ4v) is 1.56. The maximum atomic E-state index is 3.94. The molecule has 0 aliphatic heterocycles. The minimum Gasteiger partial charge on any atom is -0.0955 e. The number of rotatable bonds is 0. The molecule has 1 unspecified atom stereocenters. The maximum absolute atomic E-state index is 3.94. The normalized spacial score (nSPS) is 30.9. The van der Waals surface area contributed by atoms with E-state index in [4.69, 9.17) is 0 Å². The quantitative estimate of drug-likeness (QED) is 0.458. The molecule has 0 saturated heterocycles. The molecule has 2 rings (SSSR count). The fourth-order valence-electron chi connectivity index (χ4n) is 1.56. The van der Waals surface area contributed by atoms with Crippen LogP contribution in [0.5, 0.6) is 0 Å². The summed E-state index contributed by atoms with van der Waals surface area (Å²) in [6.45, 7) is 3.94. The molecule has 0 heteroatoms. The van der Waals surface area contributed by atoms with Crippen LogP contribution in [0.4, 0.5) is 0 Å². The second-order valence-corrected chi connectivity index (χ2v) is 2.79. The lowest BCUT2D eigenvalue weighted by Crippen LogP contribution is -2.18. The van der Waals surface area contributed by atoms with Crippen LogP contribution in [0, 0.1) is 5.92 Å². The van der Waals surface area contributed by atoms with Crippen molar-refractivity contribution in [3.8, 4) is 0 Å². The summed E-state index contributed by atoms with van der Waals surface area (Å²) in [7, 11) is 0. The van der Waals surface area contributed by atoms with Crippen molar-refractivity contribution in [3.05, 3.63) is 36.0 Å². The van der Waals surface area contributed by atoms with E-state index in [1.807, 2.05) is 0 Å². The van der Waals surface area contributed by atoms with Crippen LogP contribution in [0.25, 0.3) is 0 Å². The monoisotopic (exact) mass is 118 g/mol. The highest BCUT2D eigenvalue weighted by Crippen LogP contribution is 2.42. The Kier molecular flexibility index (Phi) is 0.895. The van der Waals surface area contributed by atoms with Crippen molar-refractivity contribution < 1.29 is 0 Å². The van der Waals surface area contributed by atoms with Crippen LogP contribution in [0.1, 0.15) is 12.8 Å². The molecule has 1 atom stereocenters. The van der Waals surface area contributed by atoms with Gasteiger partial charge in [-0.25, -0.2) is 0 Å². The average Bonchev–Trinajstić information content (AvgIpc) is 1.86. The van der Waals surface area contributed by atoms with Gasteiger partial charge in [0, 0.05) is 0 Å². The lowest BCUT2D eigenvalue weighted by Gasteiger charge is -2.33. The standard InChI is InChI=1S/C9H10/c1-7-6-8-4-2-3-5-9(7)8/h2-3,5,8H,1,4,6H2. The molecule has 0 aromatic carbocycles. The molecule has 0 spiro atoms. The Morgan fingerprint density at radius 1 is 1.56 bits per heavy atom. The zero-order valence-electron chi connectivity index (χ0n) is 5.43. The van der Waals surface area contributed by atoms with Crippen LogP contribution >= 0.6 is 0 Å². The first kappa shape index (κ1) is 5.04. The molecule has 0 aromatic heterocycles. The van der Waals surface area contributed by atoms with E-state index in [0.29, 0.717) is 0 Å². The summed E-state index contributed by atoms with van der Waals surface area (Å²) in [6, 6.07) is 0. The third-order valence-corrected chi connectivity index (χ3v) is 2.17. The van der Waals surface area contributed by atoms with Gasteiger partial charge in [0.25, 0.3) is 0 Å². The van der Waals surface area contributed by atoms with Crippen molar-refractivity contribution in [2.75, 3.05) is 0 Å². The predicted octanol–water partition coefficient (Wildman–Crippen LogP) is 2.45. The molecule has 46 valence electrons. The van der Waals surface area contributed by atoms with E-state index in [2.05, 4.69) is 24.8 Å². The first-order valence-electron chi connectivity index (χ1n) is 3.43. The molecule has 0 radical (unpaired) electrons. The van der Waals surface area contributed by atoms with Crippen molar-refractivity contribution in [1.29, 1.82) is 0 Å². The first-order valence-corrected chi connectivity index (χ1v) is 3.43. The molecule has 9 heavy (non-hydrogen) atoms. The summed E-state index contributed by atoms with van der Waals surface area (Å²) in [5.74, 6) is 0.836. The molecule has 0 bridgehead atoms. The molecule has 0 N–H and O–H groups in total. The summed E-state index contributed by atoms with van der Waals surface area (Å²) < 4.78 is 0. The molecular weight excluding hydrogens is 108 g/mol. The van der Waals surface area contributed by atoms with E-state index in [1.165, 1.54) is 24.0 Å². The van der Waals surface area contributed by atoms with Crippen LogP contribution in [0.3, 0.4) is 0 Å². The molecule has 1 fully saturated rings. The third kappa shape index (κ3) is 0.593. The average molecular weight is 118 g/mol. The highest BCUT2D eigenvalue weighted by molar-refractivity contribution is 5.45. The molecule has 2 aliphatic carbocycles. The molecule has 0 aromatic rings. The Morgan fingerprint density at radius 2 is 2.44 bits per heavy atom. The van der Waals surface area contributed by atoms with Crippen LogP contribution in [0.15, 0.2) is 36.0 Å². The van der Waals surface area contributed by atoms with E-state index in [1.54, 1.807) is 0 Å². The third-order valence-electron chi connectivity index (χ3n) is 2.17. The highest BCUT2D eigenvalue weighted by Gasteiger charge is 2.27. The molecular formula is C9H10. The summed E-state index contributed by atoms with van der Waals surface area (Å²) >= 11 is 0. The SMILES string of the molecule is C=C1CC2CC=CC=C12. The van der Waals surface area contributed by atoms with E-state index in [9.17, 15) is 0 Å². The zero-order valence-corrected chi connectivity index (χ0v) is 5.43. The predicted molar refractivity (Wildman–Crippen MR) is 39.1 cm³/mol. The molecule has 2 aliphatic rings. The van der Waals surface area contributed by atoms with Crippen molar-refractivity contribution in [3.63, 3.8) is 0 Å². The highest BCUT2D eigenvalue weighted by atomic mass is 14.3. The number of hydrogen-bond donors (Lipinski definition) is 0. The summed E-state index contributed by atoms with van der Waals surface area (Å²) in [5, 5.41) is 0. The molecule has 0 amide bonds. The van der Waals surface area contributed by atoms with Crippen LogP contribution in [-0.2, 0) is 0 Å². The van der Waals surface area contributed by atoms with E-state index < -0.39 is 0 Å². The van der Waals surface area contributed by atoms with Crippen LogP contribution in [-0.4, -0.2) is 0 Å². The maximum Gasteiger partial charge on any atom is -0.00844 e. The zero-order chi connectivity index (χ0) is 6.27. The van der Waals surface area contributed by atoms with Gasteiger partial charge in [0.15, 0.2) is 0 Å².